The fraction of sp³-hybridized carbons (Fsp3) is 0.381. The van der Waals surface area contributed by atoms with Crippen molar-refractivity contribution < 1.29 is 9.18 Å². The molecule has 1 aliphatic rings. The fourth-order valence-electron chi connectivity index (χ4n) is 3.08. The number of anilines is 2. The molecule has 1 aliphatic heterocycles. The largest absolute Gasteiger partial charge is 0.367 e. The van der Waals surface area contributed by atoms with E-state index in [-0.39, 0.29) is 17.1 Å². The highest BCUT2D eigenvalue weighted by Crippen LogP contribution is 2.25. The molecule has 4 nitrogen and oxygen atoms in total. The molecule has 138 valence electrons. The van der Waals surface area contributed by atoms with Crippen molar-refractivity contribution in [1.82, 2.24) is 5.32 Å². The predicted octanol–water partition coefficient (Wildman–Crippen LogP) is 3.79. The second-order valence-corrected chi connectivity index (χ2v) is 7.69. The summed E-state index contributed by atoms with van der Waals surface area (Å²) in [6.07, 6.45) is 0. The van der Waals surface area contributed by atoms with Crippen LogP contribution in [0, 0.1) is 5.82 Å². The van der Waals surface area contributed by atoms with E-state index in [2.05, 4.69) is 31.4 Å². The van der Waals surface area contributed by atoms with E-state index in [1.54, 1.807) is 12.1 Å². The summed E-state index contributed by atoms with van der Waals surface area (Å²) in [5.41, 5.74) is 2.72. The van der Waals surface area contributed by atoms with E-state index in [1.165, 1.54) is 6.07 Å². The van der Waals surface area contributed by atoms with Crippen LogP contribution in [0.3, 0.4) is 0 Å². The van der Waals surface area contributed by atoms with Crippen molar-refractivity contribution in [2.24, 2.45) is 0 Å². The lowest BCUT2D eigenvalue weighted by molar-refractivity contribution is 0.102. The number of benzene rings is 2. The van der Waals surface area contributed by atoms with E-state index in [0.29, 0.717) is 16.9 Å². The van der Waals surface area contributed by atoms with Crippen molar-refractivity contribution in [3.63, 3.8) is 0 Å². The first-order valence-corrected chi connectivity index (χ1v) is 9.02. The molecule has 0 saturated carbocycles. The first-order chi connectivity index (χ1) is 12.3. The van der Waals surface area contributed by atoms with Gasteiger partial charge in [-0.25, -0.2) is 4.39 Å². The van der Waals surface area contributed by atoms with Gasteiger partial charge in [0.25, 0.3) is 5.91 Å². The summed E-state index contributed by atoms with van der Waals surface area (Å²) < 4.78 is 14.5. The molecule has 2 aromatic rings. The Hall–Kier alpha value is -2.40. The van der Waals surface area contributed by atoms with E-state index >= 15 is 0 Å². The van der Waals surface area contributed by atoms with Gasteiger partial charge >= 0.3 is 0 Å². The van der Waals surface area contributed by atoms with Gasteiger partial charge in [-0.3, -0.25) is 4.79 Å². The Labute approximate surface area is 154 Å². The van der Waals surface area contributed by atoms with Crippen LogP contribution in [0.4, 0.5) is 15.8 Å². The molecule has 3 rings (SSSR count). The number of rotatable bonds is 3. The van der Waals surface area contributed by atoms with Crippen LogP contribution in [0.5, 0.6) is 0 Å². The molecule has 0 spiro atoms. The quantitative estimate of drug-likeness (QED) is 0.881. The fourth-order valence-corrected chi connectivity index (χ4v) is 3.08. The van der Waals surface area contributed by atoms with Gasteiger partial charge in [0.2, 0.25) is 0 Å². The minimum absolute atomic E-state index is 0.00219. The predicted molar refractivity (Wildman–Crippen MR) is 105 cm³/mol. The zero-order valence-corrected chi connectivity index (χ0v) is 15.6. The van der Waals surface area contributed by atoms with Crippen LogP contribution in [-0.2, 0) is 5.41 Å². The van der Waals surface area contributed by atoms with Crippen LogP contribution in [0.1, 0.15) is 36.7 Å². The molecule has 5 heteroatoms. The van der Waals surface area contributed by atoms with Crippen molar-refractivity contribution in [3.05, 3.63) is 59.4 Å². The monoisotopic (exact) mass is 355 g/mol. The molecule has 0 atom stereocenters. The van der Waals surface area contributed by atoms with Crippen LogP contribution >= 0.6 is 0 Å². The van der Waals surface area contributed by atoms with Crippen molar-refractivity contribution in [1.29, 1.82) is 0 Å². The van der Waals surface area contributed by atoms with Crippen LogP contribution in [0.2, 0.25) is 0 Å². The highest BCUT2D eigenvalue weighted by atomic mass is 19.1. The van der Waals surface area contributed by atoms with Crippen LogP contribution in [0.25, 0.3) is 0 Å². The number of nitrogens with one attached hydrogen (secondary N) is 2. The number of nitrogens with zero attached hydrogens (tertiary/aromatic N) is 1. The molecule has 1 heterocycles. The van der Waals surface area contributed by atoms with Gasteiger partial charge < -0.3 is 15.5 Å². The zero-order valence-electron chi connectivity index (χ0n) is 15.6. The number of halogens is 1. The molecule has 2 N–H and O–H groups in total. The van der Waals surface area contributed by atoms with Gasteiger partial charge in [-0.1, -0.05) is 32.9 Å². The molecule has 1 amide bonds. The molecule has 1 fully saturated rings. The van der Waals surface area contributed by atoms with Gasteiger partial charge in [-0.2, -0.15) is 0 Å². The SMILES string of the molecule is CC(C)(C)c1cccc(NC(=O)c2ccc(N3CCNCC3)c(F)c2)c1. The topological polar surface area (TPSA) is 44.4 Å². The number of hydrogen-bond donors (Lipinski definition) is 2. The highest BCUT2D eigenvalue weighted by molar-refractivity contribution is 6.04. The number of hydrogen-bond acceptors (Lipinski definition) is 3. The Morgan fingerprint density at radius 1 is 1.12 bits per heavy atom. The smallest absolute Gasteiger partial charge is 0.255 e. The van der Waals surface area contributed by atoms with Gasteiger partial charge in [0, 0.05) is 37.4 Å². The maximum absolute atomic E-state index is 14.5. The summed E-state index contributed by atoms with van der Waals surface area (Å²) in [6.45, 7) is 9.58. The van der Waals surface area contributed by atoms with Gasteiger partial charge in [0.05, 0.1) is 5.69 Å². The summed E-state index contributed by atoms with van der Waals surface area (Å²) >= 11 is 0. The molecule has 0 aliphatic carbocycles. The zero-order chi connectivity index (χ0) is 18.7. The van der Waals surface area contributed by atoms with E-state index in [9.17, 15) is 9.18 Å². The lowest BCUT2D eigenvalue weighted by atomic mass is 9.87. The number of carbonyl (C=O) groups excluding carboxylic acids is 1. The molecule has 0 bridgehead atoms. The maximum Gasteiger partial charge on any atom is 0.255 e. The lowest BCUT2D eigenvalue weighted by Gasteiger charge is -2.29. The third-order valence-electron chi connectivity index (χ3n) is 4.65. The standard InChI is InChI=1S/C21H26FN3O/c1-21(2,3)16-5-4-6-17(14-16)24-20(26)15-7-8-19(18(22)13-15)25-11-9-23-10-12-25/h4-8,13-14,23H,9-12H2,1-3H3,(H,24,26). The Morgan fingerprint density at radius 3 is 2.50 bits per heavy atom. The normalized spacial score (nSPS) is 15.0. The molecular weight excluding hydrogens is 329 g/mol. The van der Waals surface area contributed by atoms with Gasteiger partial charge in [-0.15, -0.1) is 0 Å². The maximum atomic E-state index is 14.5. The molecule has 0 unspecified atom stereocenters. The van der Waals surface area contributed by atoms with E-state index in [4.69, 9.17) is 0 Å². The van der Waals surface area contributed by atoms with Crippen molar-refractivity contribution >= 4 is 17.3 Å². The van der Waals surface area contributed by atoms with Crippen molar-refractivity contribution in [3.8, 4) is 0 Å². The third-order valence-corrected chi connectivity index (χ3v) is 4.65. The minimum Gasteiger partial charge on any atom is -0.367 e. The van der Waals surface area contributed by atoms with Crippen molar-refractivity contribution in [2.75, 3.05) is 36.4 Å². The Bertz CT molecular complexity index is 792. The summed E-state index contributed by atoms with van der Waals surface area (Å²) in [7, 11) is 0. The number of carbonyl (C=O) groups is 1. The summed E-state index contributed by atoms with van der Waals surface area (Å²) in [6, 6.07) is 12.5. The Kier molecular flexibility index (Phi) is 5.28. The Morgan fingerprint density at radius 2 is 1.85 bits per heavy atom. The first kappa shape index (κ1) is 18.4. The number of amides is 1. The average molecular weight is 355 g/mol. The van der Waals surface area contributed by atoms with Gasteiger partial charge in [-0.05, 0) is 41.3 Å². The number of piperazine rings is 1. The van der Waals surface area contributed by atoms with Crippen LogP contribution < -0.4 is 15.5 Å². The van der Waals surface area contributed by atoms with E-state index in [1.807, 2.05) is 29.2 Å². The minimum atomic E-state index is -0.358. The van der Waals surface area contributed by atoms with Crippen molar-refractivity contribution in [2.45, 2.75) is 26.2 Å². The highest BCUT2D eigenvalue weighted by Gasteiger charge is 2.17. The molecule has 0 radical (unpaired) electrons. The average Bonchev–Trinajstić information content (AvgIpc) is 2.62. The second-order valence-electron chi connectivity index (χ2n) is 7.69. The van der Waals surface area contributed by atoms with Gasteiger partial charge in [0.15, 0.2) is 0 Å². The van der Waals surface area contributed by atoms with Crippen LogP contribution in [-0.4, -0.2) is 32.1 Å². The van der Waals surface area contributed by atoms with E-state index < -0.39 is 0 Å². The molecule has 26 heavy (non-hydrogen) atoms. The summed E-state index contributed by atoms with van der Waals surface area (Å²) in [5.74, 6) is -0.662. The summed E-state index contributed by atoms with van der Waals surface area (Å²) in [5, 5.41) is 6.12. The molecule has 1 saturated heterocycles. The van der Waals surface area contributed by atoms with Gasteiger partial charge in [0.1, 0.15) is 5.82 Å². The summed E-state index contributed by atoms with van der Waals surface area (Å²) in [4.78, 5) is 14.5. The molecule has 0 aromatic heterocycles. The second kappa shape index (κ2) is 7.46. The first-order valence-electron chi connectivity index (χ1n) is 9.02. The Balaban J connectivity index is 1.75. The lowest BCUT2D eigenvalue weighted by Crippen LogP contribution is -2.43. The third kappa shape index (κ3) is 4.22. The van der Waals surface area contributed by atoms with E-state index in [0.717, 1.165) is 31.7 Å². The molecular formula is C21H26FN3O. The molecule has 2 aromatic carbocycles. The van der Waals surface area contributed by atoms with Crippen LogP contribution in [0.15, 0.2) is 42.5 Å².